The zero-order valence-corrected chi connectivity index (χ0v) is 17.5. The Morgan fingerprint density at radius 2 is 1.97 bits per heavy atom. The molecule has 0 saturated heterocycles. The Labute approximate surface area is 174 Å². The number of carbonyl (C=O) groups excluding carboxylic acids is 1. The fraction of sp³-hybridized carbons (Fsp3) is 0.250. The van der Waals surface area contributed by atoms with Crippen molar-refractivity contribution in [1.29, 1.82) is 0 Å². The van der Waals surface area contributed by atoms with E-state index in [4.69, 9.17) is 4.74 Å². The number of aromatic nitrogens is 1. The molecular weight excluding hydrogens is 380 g/mol. The summed E-state index contributed by atoms with van der Waals surface area (Å²) >= 11 is 1.55. The molecular formula is C24H24N2O2S. The molecule has 5 heteroatoms. The molecule has 0 aliphatic heterocycles. The predicted molar refractivity (Wildman–Crippen MR) is 121 cm³/mol. The number of thiophene rings is 1. The molecule has 2 aromatic carbocycles. The summed E-state index contributed by atoms with van der Waals surface area (Å²) in [5, 5.41) is 5.18. The number of nitrogens with zero attached hydrogens (tertiary/aromatic N) is 1. The van der Waals surface area contributed by atoms with Crippen molar-refractivity contribution in [2.45, 2.75) is 20.3 Å². The molecule has 0 radical (unpaired) electrons. The van der Waals surface area contributed by atoms with Gasteiger partial charge in [-0.25, -0.2) is 0 Å². The van der Waals surface area contributed by atoms with Gasteiger partial charge in [-0.15, -0.1) is 11.3 Å². The molecule has 0 aliphatic rings. The maximum atomic E-state index is 13.1. The summed E-state index contributed by atoms with van der Waals surface area (Å²) in [4.78, 5) is 18.5. The van der Waals surface area contributed by atoms with E-state index < -0.39 is 0 Å². The summed E-state index contributed by atoms with van der Waals surface area (Å²) in [5.74, 6) is -0.0395. The van der Waals surface area contributed by atoms with Gasteiger partial charge in [-0.3, -0.25) is 9.78 Å². The standard InChI is InChI=1S/C24H24N2O2S/c1-3-28-13-7-12-25-24(27)23-21(17-8-5-4-6-9-17)19-15-26-20-11-10-16(2)14-18(20)22(19)29-23/h4-6,8-11,14-15H,3,7,12-13H2,1-2H3,(H,25,27). The van der Waals surface area contributed by atoms with Crippen molar-refractivity contribution < 1.29 is 9.53 Å². The second-order valence-corrected chi connectivity index (χ2v) is 8.02. The van der Waals surface area contributed by atoms with E-state index in [0.717, 1.165) is 43.4 Å². The average Bonchev–Trinajstić information content (AvgIpc) is 3.14. The van der Waals surface area contributed by atoms with E-state index in [0.29, 0.717) is 19.8 Å². The number of benzene rings is 2. The molecule has 0 saturated carbocycles. The summed E-state index contributed by atoms with van der Waals surface area (Å²) in [6.07, 6.45) is 2.70. The number of fused-ring (bicyclic) bond motifs is 3. The van der Waals surface area contributed by atoms with Crippen LogP contribution >= 0.6 is 11.3 Å². The Kier molecular flexibility index (Phi) is 5.88. The van der Waals surface area contributed by atoms with Crippen LogP contribution in [0.2, 0.25) is 0 Å². The van der Waals surface area contributed by atoms with Gasteiger partial charge in [0.25, 0.3) is 5.91 Å². The van der Waals surface area contributed by atoms with Crippen LogP contribution in [0.4, 0.5) is 0 Å². The second kappa shape index (κ2) is 8.72. The molecule has 0 unspecified atom stereocenters. The number of aryl methyl sites for hydroxylation is 1. The summed E-state index contributed by atoms with van der Waals surface area (Å²) in [6, 6.07) is 16.4. The first kappa shape index (κ1) is 19.6. The Hall–Kier alpha value is -2.76. The smallest absolute Gasteiger partial charge is 0.262 e. The number of pyridine rings is 1. The van der Waals surface area contributed by atoms with Crippen LogP contribution in [-0.4, -0.2) is 30.6 Å². The van der Waals surface area contributed by atoms with Crippen LogP contribution in [0, 0.1) is 6.92 Å². The van der Waals surface area contributed by atoms with Gasteiger partial charge in [-0.1, -0.05) is 42.0 Å². The highest BCUT2D eigenvalue weighted by Crippen LogP contribution is 2.41. The third kappa shape index (κ3) is 4.02. The largest absolute Gasteiger partial charge is 0.382 e. The van der Waals surface area contributed by atoms with Gasteiger partial charge in [0, 0.05) is 47.0 Å². The number of rotatable bonds is 7. The SMILES string of the molecule is CCOCCCNC(=O)c1sc2c(cnc3ccc(C)cc32)c1-c1ccccc1. The molecule has 2 heterocycles. The zero-order chi connectivity index (χ0) is 20.2. The maximum Gasteiger partial charge on any atom is 0.262 e. The summed E-state index contributed by atoms with van der Waals surface area (Å²) in [5.41, 5.74) is 4.13. The molecule has 4 aromatic rings. The van der Waals surface area contributed by atoms with Gasteiger partial charge < -0.3 is 10.1 Å². The Balaban J connectivity index is 1.80. The Morgan fingerprint density at radius 3 is 2.76 bits per heavy atom. The molecule has 1 amide bonds. The third-order valence-corrected chi connectivity index (χ3v) is 6.14. The van der Waals surface area contributed by atoms with Gasteiger partial charge in [0.05, 0.1) is 5.52 Å². The van der Waals surface area contributed by atoms with Crippen LogP contribution < -0.4 is 5.32 Å². The summed E-state index contributed by atoms with van der Waals surface area (Å²) in [7, 11) is 0. The van der Waals surface area contributed by atoms with Crippen molar-refractivity contribution >= 4 is 38.2 Å². The number of amides is 1. The minimum atomic E-state index is -0.0395. The van der Waals surface area contributed by atoms with E-state index in [2.05, 4.69) is 29.4 Å². The Bertz CT molecular complexity index is 1150. The number of nitrogens with one attached hydrogen (secondary N) is 1. The fourth-order valence-electron chi connectivity index (χ4n) is 3.50. The van der Waals surface area contributed by atoms with Gasteiger partial charge in [-0.2, -0.15) is 0 Å². The lowest BCUT2D eigenvalue weighted by molar-refractivity contribution is 0.0949. The molecule has 148 valence electrons. The molecule has 4 rings (SSSR count). The number of ether oxygens (including phenoxy) is 1. The lowest BCUT2D eigenvalue weighted by Gasteiger charge is -2.07. The van der Waals surface area contributed by atoms with Crippen LogP contribution in [0.3, 0.4) is 0 Å². The lowest BCUT2D eigenvalue weighted by atomic mass is 10.0. The predicted octanol–water partition coefficient (Wildman–Crippen LogP) is 5.58. The molecule has 1 N–H and O–H groups in total. The highest BCUT2D eigenvalue weighted by Gasteiger charge is 2.21. The summed E-state index contributed by atoms with van der Waals surface area (Å²) in [6.45, 7) is 6.00. The van der Waals surface area contributed by atoms with Crippen LogP contribution in [-0.2, 0) is 4.74 Å². The van der Waals surface area contributed by atoms with Gasteiger partial charge in [0.2, 0.25) is 0 Å². The molecule has 29 heavy (non-hydrogen) atoms. The first-order chi connectivity index (χ1) is 14.2. The minimum Gasteiger partial charge on any atom is -0.382 e. The first-order valence-electron chi connectivity index (χ1n) is 9.92. The molecule has 4 nitrogen and oxygen atoms in total. The Morgan fingerprint density at radius 1 is 1.14 bits per heavy atom. The minimum absolute atomic E-state index is 0.0395. The average molecular weight is 405 g/mol. The van der Waals surface area contributed by atoms with Crippen molar-refractivity contribution in [3.05, 3.63) is 65.2 Å². The van der Waals surface area contributed by atoms with Crippen LogP contribution in [0.5, 0.6) is 0 Å². The van der Waals surface area contributed by atoms with Gasteiger partial charge >= 0.3 is 0 Å². The van der Waals surface area contributed by atoms with Crippen molar-refractivity contribution in [1.82, 2.24) is 10.3 Å². The highest BCUT2D eigenvalue weighted by molar-refractivity contribution is 7.22. The van der Waals surface area contributed by atoms with E-state index in [1.807, 2.05) is 49.5 Å². The number of carbonyl (C=O) groups is 1. The van der Waals surface area contributed by atoms with E-state index >= 15 is 0 Å². The molecule has 0 spiro atoms. The maximum absolute atomic E-state index is 13.1. The van der Waals surface area contributed by atoms with E-state index in [-0.39, 0.29) is 5.91 Å². The number of hydrogen-bond donors (Lipinski definition) is 1. The number of hydrogen-bond acceptors (Lipinski definition) is 4. The van der Waals surface area contributed by atoms with E-state index in [1.165, 1.54) is 5.56 Å². The quantitative estimate of drug-likeness (QED) is 0.409. The first-order valence-corrected chi connectivity index (χ1v) is 10.7. The lowest BCUT2D eigenvalue weighted by Crippen LogP contribution is -2.24. The van der Waals surface area contributed by atoms with Gasteiger partial charge in [-0.05, 0) is 38.0 Å². The van der Waals surface area contributed by atoms with E-state index in [9.17, 15) is 4.79 Å². The third-order valence-electron chi connectivity index (χ3n) is 4.90. The molecule has 0 bridgehead atoms. The van der Waals surface area contributed by atoms with E-state index in [1.54, 1.807) is 11.3 Å². The van der Waals surface area contributed by atoms with Crippen molar-refractivity contribution in [2.75, 3.05) is 19.8 Å². The second-order valence-electron chi connectivity index (χ2n) is 7.00. The fourth-order valence-corrected chi connectivity index (χ4v) is 4.73. The molecule has 0 atom stereocenters. The molecule has 2 aromatic heterocycles. The highest BCUT2D eigenvalue weighted by atomic mass is 32.1. The van der Waals surface area contributed by atoms with Gasteiger partial charge in [0.1, 0.15) is 4.88 Å². The van der Waals surface area contributed by atoms with Crippen LogP contribution in [0.15, 0.2) is 54.7 Å². The van der Waals surface area contributed by atoms with Gasteiger partial charge in [0.15, 0.2) is 0 Å². The monoisotopic (exact) mass is 404 g/mol. The topological polar surface area (TPSA) is 51.2 Å². The summed E-state index contributed by atoms with van der Waals surface area (Å²) < 4.78 is 6.47. The zero-order valence-electron chi connectivity index (χ0n) is 16.7. The molecule has 0 aliphatic carbocycles. The van der Waals surface area contributed by atoms with Crippen molar-refractivity contribution in [2.24, 2.45) is 0 Å². The van der Waals surface area contributed by atoms with Crippen LogP contribution in [0.25, 0.3) is 32.1 Å². The molecule has 0 fully saturated rings. The normalized spacial score (nSPS) is 11.2. The van der Waals surface area contributed by atoms with Crippen molar-refractivity contribution in [3.8, 4) is 11.1 Å². The van der Waals surface area contributed by atoms with Crippen molar-refractivity contribution in [3.63, 3.8) is 0 Å². The van der Waals surface area contributed by atoms with Crippen LogP contribution in [0.1, 0.15) is 28.6 Å².